The number of carbonyl (C=O) groups excluding carboxylic acids is 1. The molecule has 0 aliphatic carbocycles. The minimum Gasteiger partial charge on any atom is -0.493 e. The van der Waals surface area contributed by atoms with Crippen LogP contribution in [0.5, 0.6) is 5.75 Å². The van der Waals surface area contributed by atoms with E-state index in [9.17, 15) is 4.79 Å². The lowest BCUT2D eigenvalue weighted by atomic mass is 10.2. The first-order chi connectivity index (χ1) is 13.1. The summed E-state index contributed by atoms with van der Waals surface area (Å²) in [6.07, 6.45) is 2.03. The van der Waals surface area contributed by atoms with Crippen LogP contribution in [0.1, 0.15) is 24.2 Å². The van der Waals surface area contributed by atoms with E-state index in [1.807, 2.05) is 42.6 Å². The fourth-order valence-electron chi connectivity index (χ4n) is 2.86. The van der Waals surface area contributed by atoms with E-state index in [1.54, 1.807) is 19.2 Å². The first-order valence-corrected chi connectivity index (χ1v) is 9.19. The largest absolute Gasteiger partial charge is 0.493 e. The molecule has 0 spiro atoms. The van der Waals surface area contributed by atoms with Crippen LogP contribution in [-0.4, -0.2) is 30.8 Å². The van der Waals surface area contributed by atoms with Crippen LogP contribution < -0.4 is 10.1 Å². The number of ether oxygens (including phenoxy) is 2. The molecular formula is C22H26N2O3. The molecule has 0 unspecified atom stereocenters. The topological polar surface area (TPSA) is 52.5 Å². The second-order valence-corrected chi connectivity index (χ2v) is 6.96. The molecule has 1 aromatic heterocycles. The maximum atomic E-state index is 12.6. The summed E-state index contributed by atoms with van der Waals surface area (Å²) in [6, 6.07) is 15.2. The molecule has 0 saturated heterocycles. The highest BCUT2D eigenvalue weighted by Crippen LogP contribution is 2.22. The Hall–Kier alpha value is -2.79. The summed E-state index contributed by atoms with van der Waals surface area (Å²) in [6.45, 7) is 6.28. The second kappa shape index (κ2) is 8.73. The molecule has 0 radical (unpaired) electrons. The van der Waals surface area contributed by atoms with Gasteiger partial charge in [0.1, 0.15) is 5.75 Å². The summed E-state index contributed by atoms with van der Waals surface area (Å²) in [4.78, 5) is 12.6. The average molecular weight is 366 g/mol. The van der Waals surface area contributed by atoms with Gasteiger partial charge in [-0.1, -0.05) is 19.9 Å². The molecular weight excluding hydrogens is 340 g/mol. The molecule has 1 heterocycles. The van der Waals surface area contributed by atoms with Crippen molar-refractivity contribution in [2.45, 2.75) is 20.4 Å². The fraction of sp³-hybridized carbons (Fsp3) is 0.318. The Labute approximate surface area is 159 Å². The van der Waals surface area contributed by atoms with Gasteiger partial charge in [0.25, 0.3) is 5.91 Å². The monoisotopic (exact) mass is 366 g/mol. The standard InChI is InChI=1S/C22H26N2O3/c1-16(2)15-27-20-6-4-5-18(14-20)22(25)23-19-7-8-21-17(13-19)9-10-24(21)11-12-26-3/h4-10,13-14,16H,11-12,15H2,1-3H3,(H,23,25). The Morgan fingerprint density at radius 3 is 2.78 bits per heavy atom. The van der Waals surface area contributed by atoms with Crippen LogP contribution in [0.3, 0.4) is 0 Å². The summed E-state index contributed by atoms with van der Waals surface area (Å²) in [5, 5.41) is 4.05. The van der Waals surface area contributed by atoms with Gasteiger partial charge < -0.3 is 19.4 Å². The third-order valence-corrected chi connectivity index (χ3v) is 4.24. The number of hydrogen-bond donors (Lipinski definition) is 1. The van der Waals surface area contributed by atoms with Crippen LogP contribution in [0.15, 0.2) is 54.7 Å². The van der Waals surface area contributed by atoms with Crippen molar-refractivity contribution in [3.63, 3.8) is 0 Å². The van der Waals surface area contributed by atoms with E-state index in [1.165, 1.54) is 0 Å². The summed E-state index contributed by atoms with van der Waals surface area (Å²) in [7, 11) is 1.70. The third kappa shape index (κ3) is 4.89. The van der Waals surface area contributed by atoms with Gasteiger partial charge in [-0.3, -0.25) is 4.79 Å². The molecule has 0 atom stereocenters. The number of nitrogens with zero attached hydrogens (tertiary/aromatic N) is 1. The number of hydrogen-bond acceptors (Lipinski definition) is 3. The van der Waals surface area contributed by atoms with Crippen molar-refractivity contribution in [2.75, 3.05) is 25.6 Å². The number of carbonyl (C=O) groups is 1. The Balaban J connectivity index is 1.71. The average Bonchev–Trinajstić information content (AvgIpc) is 3.07. The molecule has 27 heavy (non-hydrogen) atoms. The van der Waals surface area contributed by atoms with Crippen LogP contribution in [0, 0.1) is 5.92 Å². The van der Waals surface area contributed by atoms with Crippen molar-refractivity contribution < 1.29 is 14.3 Å². The van der Waals surface area contributed by atoms with Gasteiger partial charge in [0.05, 0.1) is 13.2 Å². The van der Waals surface area contributed by atoms with Crippen LogP contribution in [0.4, 0.5) is 5.69 Å². The lowest BCUT2D eigenvalue weighted by Crippen LogP contribution is -2.12. The number of methoxy groups -OCH3 is 1. The van der Waals surface area contributed by atoms with Crippen molar-refractivity contribution in [1.82, 2.24) is 4.57 Å². The van der Waals surface area contributed by atoms with Gasteiger partial charge in [-0.15, -0.1) is 0 Å². The number of aromatic nitrogens is 1. The van der Waals surface area contributed by atoms with Crippen molar-refractivity contribution >= 4 is 22.5 Å². The zero-order valence-electron chi connectivity index (χ0n) is 16.1. The maximum Gasteiger partial charge on any atom is 0.255 e. The molecule has 0 fully saturated rings. The number of benzene rings is 2. The maximum absolute atomic E-state index is 12.6. The van der Waals surface area contributed by atoms with Gasteiger partial charge in [0.15, 0.2) is 0 Å². The first-order valence-electron chi connectivity index (χ1n) is 9.19. The van der Waals surface area contributed by atoms with Crippen molar-refractivity contribution in [1.29, 1.82) is 0 Å². The Morgan fingerprint density at radius 2 is 2.00 bits per heavy atom. The first kappa shape index (κ1) is 19.0. The zero-order valence-corrected chi connectivity index (χ0v) is 16.1. The molecule has 5 heteroatoms. The predicted molar refractivity (Wildman–Crippen MR) is 109 cm³/mol. The van der Waals surface area contributed by atoms with Crippen LogP contribution in [-0.2, 0) is 11.3 Å². The lowest BCUT2D eigenvalue weighted by Gasteiger charge is -2.10. The normalized spacial score (nSPS) is 11.1. The second-order valence-electron chi connectivity index (χ2n) is 6.96. The minimum absolute atomic E-state index is 0.150. The fourth-order valence-corrected chi connectivity index (χ4v) is 2.86. The Morgan fingerprint density at radius 1 is 1.15 bits per heavy atom. The molecule has 1 N–H and O–H groups in total. The molecule has 3 aromatic rings. The predicted octanol–water partition coefficient (Wildman–Crippen LogP) is 4.57. The molecule has 0 bridgehead atoms. The molecule has 0 saturated carbocycles. The molecule has 0 aliphatic heterocycles. The van der Waals surface area contributed by atoms with Gasteiger partial charge in [-0.2, -0.15) is 0 Å². The lowest BCUT2D eigenvalue weighted by molar-refractivity contribution is 0.102. The van der Waals surface area contributed by atoms with Gasteiger partial charge in [0, 0.05) is 42.0 Å². The summed E-state index contributed by atoms with van der Waals surface area (Å²) >= 11 is 0. The quantitative estimate of drug-likeness (QED) is 0.635. The molecule has 2 aromatic carbocycles. The van der Waals surface area contributed by atoms with Crippen molar-refractivity contribution in [3.8, 4) is 5.75 Å². The van der Waals surface area contributed by atoms with E-state index in [-0.39, 0.29) is 5.91 Å². The number of rotatable bonds is 8. The number of anilines is 1. The smallest absolute Gasteiger partial charge is 0.255 e. The van der Waals surface area contributed by atoms with E-state index in [2.05, 4.69) is 23.7 Å². The van der Waals surface area contributed by atoms with Crippen molar-refractivity contribution in [3.05, 3.63) is 60.3 Å². The van der Waals surface area contributed by atoms with Crippen LogP contribution >= 0.6 is 0 Å². The number of amides is 1. The highest BCUT2D eigenvalue weighted by Gasteiger charge is 2.09. The van der Waals surface area contributed by atoms with Gasteiger partial charge in [-0.25, -0.2) is 0 Å². The van der Waals surface area contributed by atoms with Gasteiger partial charge in [-0.05, 0) is 48.4 Å². The van der Waals surface area contributed by atoms with E-state index in [0.717, 1.165) is 23.1 Å². The Bertz CT molecular complexity index is 915. The van der Waals surface area contributed by atoms with E-state index in [4.69, 9.17) is 9.47 Å². The molecule has 3 rings (SSSR count). The van der Waals surface area contributed by atoms with E-state index < -0.39 is 0 Å². The van der Waals surface area contributed by atoms with E-state index >= 15 is 0 Å². The Kier molecular flexibility index (Phi) is 6.14. The van der Waals surface area contributed by atoms with Gasteiger partial charge in [0.2, 0.25) is 0 Å². The zero-order chi connectivity index (χ0) is 19.2. The third-order valence-electron chi connectivity index (χ3n) is 4.24. The number of fused-ring (bicyclic) bond motifs is 1. The SMILES string of the molecule is COCCn1ccc2cc(NC(=O)c3cccc(OCC(C)C)c3)ccc21. The summed E-state index contributed by atoms with van der Waals surface area (Å²) in [5.74, 6) is 0.996. The molecule has 0 aliphatic rings. The molecule has 1 amide bonds. The number of nitrogens with one attached hydrogen (secondary N) is 1. The summed E-state index contributed by atoms with van der Waals surface area (Å²) in [5.41, 5.74) is 2.47. The summed E-state index contributed by atoms with van der Waals surface area (Å²) < 4.78 is 13.0. The van der Waals surface area contributed by atoms with Crippen LogP contribution in [0.2, 0.25) is 0 Å². The minimum atomic E-state index is -0.150. The molecule has 142 valence electrons. The van der Waals surface area contributed by atoms with Gasteiger partial charge >= 0.3 is 0 Å². The van der Waals surface area contributed by atoms with E-state index in [0.29, 0.717) is 30.4 Å². The highest BCUT2D eigenvalue weighted by molar-refractivity contribution is 6.05. The molecule has 5 nitrogen and oxygen atoms in total. The van der Waals surface area contributed by atoms with Crippen molar-refractivity contribution in [2.24, 2.45) is 5.92 Å². The van der Waals surface area contributed by atoms with Crippen LogP contribution in [0.25, 0.3) is 10.9 Å². The highest BCUT2D eigenvalue weighted by atomic mass is 16.5.